The number of hydrogen-bond acceptors (Lipinski definition) is 4. The van der Waals surface area contributed by atoms with Crippen LogP contribution < -0.4 is 9.62 Å². The van der Waals surface area contributed by atoms with Crippen LogP contribution in [0.5, 0.6) is 0 Å². The van der Waals surface area contributed by atoms with Gasteiger partial charge in [-0.25, -0.2) is 8.42 Å². The normalized spacial score (nSPS) is 15.2. The van der Waals surface area contributed by atoms with Gasteiger partial charge in [0, 0.05) is 31.4 Å². The van der Waals surface area contributed by atoms with Crippen LogP contribution in [-0.4, -0.2) is 34.1 Å². The Bertz CT molecular complexity index is 928. The maximum absolute atomic E-state index is 13.2. The maximum atomic E-state index is 13.2. The molecule has 0 aliphatic carbocycles. The molecule has 1 fully saturated rings. The Morgan fingerprint density at radius 1 is 1.18 bits per heavy atom. The summed E-state index contributed by atoms with van der Waals surface area (Å²) in [5.41, 5.74) is 0.960. The first kappa shape index (κ1) is 20.6. The van der Waals surface area contributed by atoms with Crippen molar-refractivity contribution in [3.63, 3.8) is 0 Å². The van der Waals surface area contributed by atoms with Crippen molar-refractivity contribution in [1.82, 2.24) is 0 Å². The third kappa shape index (κ3) is 4.48. The zero-order valence-electron chi connectivity index (χ0n) is 15.6. The monoisotopic (exact) mass is 422 g/mol. The van der Waals surface area contributed by atoms with E-state index in [-0.39, 0.29) is 28.3 Å². The van der Waals surface area contributed by atoms with E-state index in [1.54, 1.807) is 37.3 Å². The van der Waals surface area contributed by atoms with Gasteiger partial charge in [0.2, 0.25) is 5.91 Å². The molecule has 0 aromatic heterocycles. The summed E-state index contributed by atoms with van der Waals surface area (Å²) >= 11 is 6.22. The lowest BCUT2D eigenvalue weighted by Gasteiger charge is -2.24. The van der Waals surface area contributed by atoms with E-state index in [4.69, 9.17) is 16.3 Å². The van der Waals surface area contributed by atoms with E-state index in [0.29, 0.717) is 37.4 Å². The topological polar surface area (TPSA) is 75.7 Å². The first-order chi connectivity index (χ1) is 13.4. The molecule has 2 aromatic rings. The van der Waals surface area contributed by atoms with Crippen LogP contribution in [0.1, 0.15) is 19.8 Å². The van der Waals surface area contributed by atoms with Crippen LogP contribution in [0.2, 0.25) is 5.02 Å². The van der Waals surface area contributed by atoms with E-state index in [1.165, 1.54) is 16.4 Å². The number of rotatable bonds is 6. The van der Waals surface area contributed by atoms with Crippen LogP contribution in [0, 0.1) is 5.92 Å². The van der Waals surface area contributed by atoms with Crippen LogP contribution >= 0.6 is 11.6 Å². The molecule has 1 aliphatic rings. The Labute approximate surface area is 170 Å². The molecule has 0 bridgehead atoms. The minimum absolute atomic E-state index is 0.0374. The summed E-state index contributed by atoms with van der Waals surface area (Å²) in [7, 11) is -3.89. The van der Waals surface area contributed by atoms with Gasteiger partial charge in [-0.1, -0.05) is 29.8 Å². The Hall–Kier alpha value is -2.09. The molecule has 0 saturated carbocycles. The standard InChI is InChI=1S/C20H23ClN2O4S/c1-2-23(17-6-4-3-5-7-17)28(25,26)19-14-16(8-9-18(19)21)22-20(24)15-10-12-27-13-11-15/h3-9,14-15H,2,10-13H2,1H3,(H,22,24). The molecule has 150 valence electrons. The summed E-state index contributed by atoms with van der Waals surface area (Å²) in [4.78, 5) is 12.4. The molecular formula is C20H23ClN2O4S. The first-order valence-electron chi connectivity index (χ1n) is 9.19. The number of nitrogens with one attached hydrogen (secondary N) is 1. The average Bonchev–Trinajstić information content (AvgIpc) is 2.71. The zero-order valence-corrected chi connectivity index (χ0v) is 17.2. The lowest BCUT2D eigenvalue weighted by Crippen LogP contribution is -2.31. The molecule has 6 nitrogen and oxygen atoms in total. The summed E-state index contributed by atoms with van der Waals surface area (Å²) < 4.78 is 33.0. The molecule has 0 unspecified atom stereocenters. The highest BCUT2D eigenvalue weighted by atomic mass is 35.5. The van der Waals surface area contributed by atoms with Crippen LogP contribution in [0.25, 0.3) is 0 Å². The molecule has 3 rings (SSSR count). The molecule has 1 aliphatic heterocycles. The molecule has 1 heterocycles. The summed E-state index contributed by atoms with van der Waals surface area (Å²) in [5, 5.41) is 2.92. The van der Waals surface area contributed by atoms with Crippen molar-refractivity contribution in [2.45, 2.75) is 24.7 Å². The van der Waals surface area contributed by atoms with E-state index in [0.717, 1.165) is 0 Å². The van der Waals surface area contributed by atoms with Gasteiger partial charge in [-0.05, 0) is 50.1 Å². The second-order valence-electron chi connectivity index (χ2n) is 6.53. The smallest absolute Gasteiger partial charge is 0.265 e. The molecule has 0 radical (unpaired) electrons. The summed E-state index contributed by atoms with van der Waals surface area (Å²) in [5.74, 6) is -0.273. The Balaban J connectivity index is 1.88. The summed E-state index contributed by atoms with van der Waals surface area (Å²) in [6.45, 7) is 3.12. The van der Waals surface area contributed by atoms with Crippen molar-refractivity contribution in [2.75, 3.05) is 29.4 Å². The highest BCUT2D eigenvalue weighted by molar-refractivity contribution is 7.93. The number of anilines is 2. The summed E-state index contributed by atoms with van der Waals surface area (Å²) in [6, 6.07) is 13.4. The predicted molar refractivity (Wildman–Crippen MR) is 110 cm³/mol. The number of benzene rings is 2. The molecule has 1 N–H and O–H groups in total. The lowest BCUT2D eigenvalue weighted by molar-refractivity contribution is -0.122. The highest BCUT2D eigenvalue weighted by Gasteiger charge is 2.27. The highest BCUT2D eigenvalue weighted by Crippen LogP contribution is 2.31. The number of hydrogen-bond donors (Lipinski definition) is 1. The van der Waals surface area contributed by atoms with Gasteiger partial charge >= 0.3 is 0 Å². The van der Waals surface area contributed by atoms with Gasteiger partial charge in [0.1, 0.15) is 4.90 Å². The number of carbonyl (C=O) groups is 1. The summed E-state index contributed by atoms with van der Waals surface area (Å²) in [6.07, 6.45) is 1.31. The number of amides is 1. The van der Waals surface area contributed by atoms with Crippen molar-refractivity contribution in [2.24, 2.45) is 5.92 Å². The number of para-hydroxylation sites is 1. The second kappa shape index (κ2) is 8.94. The average molecular weight is 423 g/mol. The molecule has 8 heteroatoms. The van der Waals surface area contributed by atoms with E-state index in [2.05, 4.69) is 5.32 Å². The maximum Gasteiger partial charge on any atom is 0.265 e. The van der Waals surface area contributed by atoms with Crippen LogP contribution in [-0.2, 0) is 19.6 Å². The number of carbonyl (C=O) groups excluding carboxylic acids is 1. The molecule has 28 heavy (non-hydrogen) atoms. The van der Waals surface area contributed by atoms with E-state index >= 15 is 0 Å². The number of halogens is 1. The molecular weight excluding hydrogens is 400 g/mol. The predicted octanol–water partition coefficient (Wildman–Crippen LogP) is 3.92. The van der Waals surface area contributed by atoms with Crippen LogP contribution in [0.4, 0.5) is 11.4 Å². The number of sulfonamides is 1. The molecule has 2 aromatic carbocycles. The van der Waals surface area contributed by atoms with E-state index in [9.17, 15) is 13.2 Å². The van der Waals surface area contributed by atoms with E-state index < -0.39 is 10.0 Å². The third-order valence-corrected chi connectivity index (χ3v) is 7.07. The van der Waals surface area contributed by atoms with Crippen molar-refractivity contribution in [1.29, 1.82) is 0 Å². The van der Waals surface area contributed by atoms with Crippen molar-refractivity contribution >= 4 is 38.9 Å². The molecule has 1 saturated heterocycles. The number of nitrogens with zero attached hydrogens (tertiary/aromatic N) is 1. The molecule has 1 amide bonds. The SMILES string of the molecule is CCN(c1ccccc1)S(=O)(=O)c1cc(NC(=O)C2CCOCC2)ccc1Cl. The van der Waals surface area contributed by atoms with Gasteiger partial charge in [0.15, 0.2) is 0 Å². The van der Waals surface area contributed by atoms with Gasteiger partial charge in [0.05, 0.1) is 10.7 Å². The Kier molecular flexibility index (Phi) is 6.59. The van der Waals surface area contributed by atoms with Gasteiger partial charge < -0.3 is 10.1 Å². The fourth-order valence-electron chi connectivity index (χ4n) is 3.19. The fourth-order valence-corrected chi connectivity index (χ4v) is 5.16. The van der Waals surface area contributed by atoms with Gasteiger partial charge in [-0.3, -0.25) is 9.10 Å². The Morgan fingerprint density at radius 2 is 1.86 bits per heavy atom. The minimum atomic E-state index is -3.89. The minimum Gasteiger partial charge on any atom is -0.381 e. The van der Waals surface area contributed by atoms with Crippen molar-refractivity contribution < 1.29 is 17.9 Å². The molecule has 0 spiro atoms. The zero-order chi connectivity index (χ0) is 20.1. The lowest BCUT2D eigenvalue weighted by atomic mass is 9.99. The van der Waals surface area contributed by atoms with E-state index in [1.807, 2.05) is 6.07 Å². The van der Waals surface area contributed by atoms with Crippen molar-refractivity contribution in [3.05, 3.63) is 53.6 Å². The van der Waals surface area contributed by atoms with Crippen molar-refractivity contribution in [3.8, 4) is 0 Å². The van der Waals surface area contributed by atoms with Crippen LogP contribution in [0.3, 0.4) is 0 Å². The first-order valence-corrected chi connectivity index (χ1v) is 11.0. The van der Waals surface area contributed by atoms with Gasteiger partial charge in [-0.2, -0.15) is 0 Å². The quantitative estimate of drug-likeness (QED) is 0.765. The van der Waals surface area contributed by atoms with Crippen LogP contribution in [0.15, 0.2) is 53.4 Å². The fraction of sp³-hybridized carbons (Fsp3) is 0.350. The van der Waals surface area contributed by atoms with Gasteiger partial charge in [0.25, 0.3) is 10.0 Å². The Morgan fingerprint density at radius 3 is 2.50 bits per heavy atom. The molecule has 0 atom stereocenters. The largest absolute Gasteiger partial charge is 0.381 e. The number of ether oxygens (including phenoxy) is 1. The van der Waals surface area contributed by atoms with Gasteiger partial charge in [-0.15, -0.1) is 0 Å². The second-order valence-corrected chi connectivity index (χ2v) is 8.76. The third-order valence-electron chi connectivity index (χ3n) is 4.69.